The van der Waals surface area contributed by atoms with Crippen LogP contribution in [0.5, 0.6) is 0 Å². The smallest absolute Gasteiger partial charge is 0.0433 e. The Morgan fingerprint density at radius 1 is 1.73 bits per heavy atom. The van der Waals surface area contributed by atoms with E-state index in [9.17, 15) is 0 Å². The lowest BCUT2D eigenvalue weighted by Crippen LogP contribution is -1.96. The van der Waals surface area contributed by atoms with Gasteiger partial charge in [-0.1, -0.05) is 12.7 Å². The van der Waals surface area contributed by atoms with Gasteiger partial charge >= 0.3 is 0 Å². The van der Waals surface area contributed by atoms with Crippen LogP contribution < -0.4 is 0 Å². The van der Waals surface area contributed by atoms with Gasteiger partial charge in [0.25, 0.3) is 0 Å². The Kier molecular flexibility index (Phi) is 2.32. The Morgan fingerprint density at radius 2 is 2.45 bits per heavy atom. The molecule has 1 aromatic heterocycles. The van der Waals surface area contributed by atoms with Crippen molar-refractivity contribution >= 4 is 5.57 Å². The Bertz CT molecular complexity index is 268. The Hall–Kier alpha value is -1.24. The summed E-state index contributed by atoms with van der Waals surface area (Å²) in [6.45, 7) is 10.4. The third-order valence-electron chi connectivity index (χ3n) is 1.59. The molecule has 1 aromatic rings. The van der Waals surface area contributed by atoms with Crippen LogP contribution in [0.4, 0.5) is 0 Å². The predicted octanol–water partition coefficient (Wildman–Crippen LogP) is 2.71. The fourth-order valence-electron chi connectivity index (χ4n) is 1.10. The van der Waals surface area contributed by atoms with Gasteiger partial charge in [0, 0.05) is 18.4 Å². The highest BCUT2D eigenvalue weighted by atomic mass is 15.0. The van der Waals surface area contributed by atoms with E-state index in [0.717, 1.165) is 12.1 Å². The monoisotopic (exact) mass is 147 g/mol. The van der Waals surface area contributed by atoms with E-state index in [2.05, 4.69) is 23.8 Å². The van der Waals surface area contributed by atoms with Gasteiger partial charge in [-0.2, -0.15) is 0 Å². The minimum atomic E-state index is 0.856. The quantitative estimate of drug-likeness (QED) is 0.579. The molecule has 1 rings (SSSR count). The Morgan fingerprint density at radius 3 is 3.00 bits per heavy atom. The second-order valence-electron chi connectivity index (χ2n) is 2.61. The van der Waals surface area contributed by atoms with E-state index in [1.165, 1.54) is 5.69 Å². The lowest BCUT2D eigenvalue weighted by molar-refractivity contribution is 0.818. The van der Waals surface area contributed by atoms with Crippen LogP contribution in [0, 0.1) is 0 Å². The molecule has 0 aromatic carbocycles. The summed E-state index contributed by atoms with van der Waals surface area (Å²) in [6, 6.07) is 4.08. The maximum atomic E-state index is 3.89. The van der Waals surface area contributed by atoms with Gasteiger partial charge in [0.15, 0.2) is 0 Å². The van der Waals surface area contributed by atoms with Crippen molar-refractivity contribution in [3.05, 3.63) is 43.3 Å². The first-order valence-corrected chi connectivity index (χ1v) is 3.67. The number of allylic oxidation sites excluding steroid dienone is 2. The average molecular weight is 147 g/mol. The van der Waals surface area contributed by atoms with Gasteiger partial charge in [0.05, 0.1) is 0 Å². The molecule has 11 heavy (non-hydrogen) atoms. The molecule has 0 aliphatic carbocycles. The van der Waals surface area contributed by atoms with Crippen LogP contribution in [-0.4, -0.2) is 4.57 Å². The molecule has 0 aliphatic rings. The van der Waals surface area contributed by atoms with Crippen LogP contribution >= 0.6 is 0 Å². The lowest BCUT2D eigenvalue weighted by Gasteiger charge is -2.04. The van der Waals surface area contributed by atoms with Gasteiger partial charge < -0.3 is 4.57 Å². The lowest BCUT2D eigenvalue weighted by atomic mass is 10.2. The van der Waals surface area contributed by atoms with Gasteiger partial charge in [-0.05, 0) is 24.6 Å². The molecule has 0 amide bonds. The SMILES string of the molecule is C=CCn1cccc1C(=C)C. The summed E-state index contributed by atoms with van der Waals surface area (Å²) < 4.78 is 2.12. The van der Waals surface area contributed by atoms with Gasteiger partial charge in [-0.15, -0.1) is 6.58 Å². The van der Waals surface area contributed by atoms with Crippen molar-refractivity contribution in [2.24, 2.45) is 0 Å². The maximum absolute atomic E-state index is 3.89. The normalized spacial score (nSPS) is 9.55. The molecule has 1 heteroatoms. The molecule has 0 unspecified atom stereocenters. The third-order valence-corrected chi connectivity index (χ3v) is 1.59. The van der Waals surface area contributed by atoms with Crippen LogP contribution in [0.15, 0.2) is 37.6 Å². The Labute approximate surface area is 67.7 Å². The standard InChI is InChI=1S/C10H13N/c1-4-7-11-8-5-6-10(11)9(2)3/h4-6,8H,1-2,7H2,3H3. The molecular formula is C10H13N. The minimum absolute atomic E-state index is 0.856. The zero-order valence-electron chi connectivity index (χ0n) is 6.88. The number of nitrogens with zero attached hydrogens (tertiary/aromatic N) is 1. The van der Waals surface area contributed by atoms with E-state index < -0.39 is 0 Å². The van der Waals surface area contributed by atoms with E-state index in [0.29, 0.717) is 0 Å². The van der Waals surface area contributed by atoms with Crippen LogP contribution in [0.3, 0.4) is 0 Å². The predicted molar refractivity (Wildman–Crippen MR) is 49.3 cm³/mol. The second-order valence-corrected chi connectivity index (χ2v) is 2.61. The molecule has 0 saturated carbocycles. The first-order valence-electron chi connectivity index (χ1n) is 3.67. The topological polar surface area (TPSA) is 4.93 Å². The van der Waals surface area contributed by atoms with Crippen molar-refractivity contribution in [1.29, 1.82) is 0 Å². The van der Waals surface area contributed by atoms with Crippen LogP contribution in [0.2, 0.25) is 0 Å². The molecule has 0 fully saturated rings. The molecule has 0 spiro atoms. The van der Waals surface area contributed by atoms with Crippen molar-refractivity contribution in [1.82, 2.24) is 4.57 Å². The summed E-state index contributed by atoms with van der Waals surface area (Å²) in [4.78, 5) is 0. The highest BCUT2D eigenvalue weighted by molar-refractivity contribution is 5.58. The van der Waals surface area contributed by atoms with Gasteiger partial charge in [0.1, 0.15) is 0 Å². The Balaban J connectivity index is 2.95. The zero-order chi connectivity index (χ0) is 8.27. The van der Waals surface area contributed by atoms with Gasteiger partial charge in [-0.25, -0.2) is 0 Å². The molecule has 0 radical (unpaired) electrons. The first-order chi connectivity index (χ1) is 5.25. The van der Waals surface area contributed by atoms with E-state index in [1.54, 1.807) is 0 Å². The number of rotatable bonds is 3. The molecule has 0 bridgehead atoms. The third kappa shape index (κ3) is 1.61. The number of hydrogen-bond acceptors (Lipinski definition) is 0. The summed E-state index contributed by atoms with van der Waals surface area (Å²) in [5.74, 6) is 0. The number of hydrogen-bond donors (Lipinski definition) is 0. The highest BCUT2D eigenvalue weighted by Gasteiger charge is 1.97. The zero-order valence-corrected chi connectivity index (χ0v) is 6.88. The van der Waals surface area contributed by atoms with E-state index in [1.807, 2.05) is 25.3 Å². The minimum Gasteiger partial charge on any atom is -0.344 e. The fraction of sp³-hybridized carbons (Fsp3) is 0.200. The van der Waals surface area contributed by atoms with Crippen molar-refractivity contribution in [3.8, 4) is 0 Å². The molecule has 0 atom stereocenters. The molecular weight excluding hydrogens is 134 g/mol. The molecule has 0 saturated heterocycles. The van der Waals surface area contributed by atoms with Crippen LogP contribution in [-0.2, 0) is 6.54 Å². The van der Waals surface area contributed by atoms with E-state index in [4.69, 9.17) is 0 Å². The summed E-state index contributed by atoms with van der Waals surface area (Å²) in [5.41, 5.74) is 2.28. The molecule has 0 N–H and O–H groups in total. The highest BCUT2D eigenvalue weighted by Crippen LogP contribution is 2.11. The molecule has 0 aliphatic heterocycles. The summed E-state index contributed by atoms with van der Waals surface area (Å²) in [6.07, 6.45) is 3.91. The van der Waals surface area contributed by atoms with Crippen molar-refractivity contribution in [2.75, 3.05) is 0 Å². The molecule has 58 valence electrons. The van der Waals surface area contributed by atoms with Gasteiger partial charge in [-0.3, -0.25) is 0 Å². The van der Waals surface area contributed by atoms with Crippen LogP contribution in [0.25, 0.3) is 5.57 Å². The fourth-order valence-corrected chi connectivity index (χ4v) is 1.10. The average Bonchev–Trinajstić information content (AvgIpc) is 2.36. The number of aromatic nitrogens is 1. The van der Waals surface area contributed by atoms with Crippen molar-refractivity contribution < 1.29 is 0 Å². The van der Waals surface area contributed by atoms with Crippen molar-refractivity contribution in [2.45, 2.75) is 13.5 Å². The van der Waals surface area contributed by atoms with E-state index >= 15 is 0 Å². The van der Waals surface area contributed by atoms with E-state index in [-0.39, 0.29) is 0 Å². The van der Waals surface area contributed by atoms with Gasteiger partial charge in [0.2, 0.25) is 0 Å². The summed E-state index contributed by atoms with van der Waals surface area (Å²) >= 11 is 0. The molecule has 1 nitrogen and oxygen atoms in total. The first kappa shape index (κ1) is 7.86. The summed E-state index contributed by atoms with van der Waals surface area (Å²) in [5, 5.41) is 0. The van der Waals surface area contributed by atoms with Crippen LogP contribution in [0.1, 0.15) is 12.6 Å². The second kappa shape index (κ2) is 3.24. The maximum Gasteiger partial charge on any atom is 0.0433 e. The largest absolute Gasteiger partial charge is 0.344 e. The molecule has 1 heterocycles. The van der Waals surface area contributed by atoms with Crippen molar-refractivity contribution in [3.63, 3.8) is 0 Å². The summed E-state index contributed by atoms with van der Waals surface area (Å²) in [7, 11) is 0.